The first-order valence-electron chi connectivity index (χ1n) is 7.55. The first kappa shape index (κ1) is 12.0. The van der Waals surface area contributed by atoms with E-state index in [0.717, 1.165) is 17.8 Å². The third-order valence-electron chi connectivity index (χ3n) is 5.62. The van der Waals surface area contributed by atoms with Crippen LogP contribution in [-0.4, -0.2) is 38.1 Å². The fourth-order valence-corrected chi connectivity index (χ4v) is 4.78. The second kappa shape index (κ2) is 4.55. The van der Waals surface area contributed by atoms with E-state index in [-0.39, 0.29) is 0 Å². The molecule has 0 aromatic rings. The van der Waals surface area contributed by atoms with E-state index in [2.05, 4.69) is 24.2 Å². The average Bonchev–Trinajstić information content (AvgIpc) is 2.95. The van der Waals surface area contributed by atoms with Crippen LogP contribution in [0.3, 0.4) is 0 Å². The molecule has 2 saturated carbocycles. The highest BCUT2D eigenvalue weighted by Crippen LogP contribution is 2.48. The molecule has 1 aliphatic heterocycles. The number of hydrogen-bond acceptors (Lipinski definition) is 2. The Morgan fingerprint density at radius 1 is 1.29 bits per heavy atom. The lowest BCUT2D eigenvalue weighted by atomic mass is 9.88. The Hall–Kier alpha value is -0.0800. The molecular weight excluding hydrogens is 208 g/mol. The van der Waals surface area contributed by atoms with Crippen molar-refractivity contribution < 1.29 is 0 Å². The fraction of sp³-hybridized carbons (Fsp3) is 1.00. The summed E-state index contributed by atoms with van der Waals surface area (Å²) >= 11 is 0. The van der Waals surface area contributed by atoms with Crippen LogP contribution in [0.1, 0.15) is 39.0 Å². The van der Waals surface area contributed by atoms with Crippen molar-refractivity contribution in [2.24, 2.45) is 23.2 Å². The average molecular weight is 236 g/mol. The van der Waals surface area contributed by atoms with Gasteiger partial charge in [-0.15, -0.1) is 0 Å². The lowest BCUT2D eigenvalue weighted by Gasteiger charge is -2.29. The summed E-state index contributed by atoms with van der Waals surface area (Å²) in [5.74, 6) is 3.25. The van der Waals surface area contributed by atoms with Crippen molar-refractivity contribution in [2.45, 2.75) is 39.0 Å². The van der Waals surface area contributed by atoms with Gasteiger partial charge in [0.15, 0.2) is 0 Å². The van der Waals surface area contributed by atoms with Crippen molar-refractivity contribution in [3.05, 3.63) is 0 Å². The van der Waals surface area contributed by atoms with Crippen molar-refractivity contribution >= 4 is 0 Å². The SMILES string of the molecule is CNCC1(C)CCN(CC2CC3CCC2C3)C1. The van der Waals surface area contributed by atoms with Gasteiger partial charge in [-0.2, -0.15) is 0 Å². The van der Waals surface area contributed by atoms with E-state index in [9.17, 15) is 0 Å². The van der Waals surface area contributed by atoms with Crippen LogP contribution >= 0.6 is 0 Å². The van der Waals surface area contributed by atoms with Crippen LogP contribution in [0.5, 0.6) is 0 Å². The predicted molar refractivity (Wildman–Crippen MR) is 72.0 cm³/mol. The van der Waals surface area contributed by atoms with Gasteiger partial charge in [-0.05, 0) is 62.4 Å². The molecule has 98 valence electrons. The van der Waals surface area contributed by atoms with Gasteiger partial charge in [-0.25, -0.2) is 0 Å². The molecule has 1 N–H and O–H groups in total. The first-order chi connectivity index (χ1) is 8.18. The summed E-state index contributed by atoms with van der Waals surface area (Å²) in [4.78, 5) is 2.75. The molecule has 0 amide bonds. The standard InChI is InChI=1S/C15H28N2/c1-15(10-16-2)5-6-17(11-15)9-14-8-12-3-4-13(14)7-12/h12-14,16H,3-11H2,1-2H3. The summed E-state index contributed by atoms with van der Waals surface area (Å²) in [6.45, 7) is 7.69. The molecule has 0 spiro atoms. The van der Waals surface area contributed by atoms with Crippen molar-refractivity contribution in [3.8, 4) is 0 Å². The molecule has 2 bridgehead atoms. The topological polar surface area (TPSA) is 15.3 Å². The van der Waals surface area contributed by atoms with Crippen LogP contribution in [0.25, 0.3) is 0 Å². The van der Waals surface area contributed by atoms with E-state index in [4.69, 9.17) is 0 Å². The summed E-state index contributed by atoms with van der Waals surface area (Å²) in [5.41, 5.74) is 0.534. The van der Waals surface area contributed by atoms with Crippen LogP contribution in [0.15, 0.2) is 0 Å². The second-order valence-electron chi connectivity index (χ2n) is 7.26. The van der Waals surface area contributed by atoms with E-state index >= 15 is 0 Å². The minimum absolute atomic E-state index is 0.534. The number of rotatable bonds is 4. The summed E-state index contributed by atoms with van der Waals surface area (Å²) in [6.07, 6.45) is 7.57. The van der Waals surface area contributed by atoms with Gasteiger partial charge in [0.2, 0.25) is 0 Å². The van der Waals surface area contributed by atoms with E-state index in [1.165, 1.54) is 39.0 Å². The van der Waals surface area contributed by atoms with Crippen molar-refractivity contribution in [1.29, 1.82) is 0 Å². The summed E-state index contributed by atoms with van der Waals surface area (Å²) in [6, 6.07) is 0. The molecule has 0 aromatic heterocycles. The Morgan fingerprint density at radius 3 is 2.82 bits per heavy atom. The largest absolute Gasteiger partial charge is 0.319 e. The van der Waals surface area contributed by atoms with Gasteiger partial charge < -0.3 is 10.2 Å². The molecule has 0 radical (unpaired) electrons. The third kappa shape index (κ3) is 2.39. The van der Waals surface area contributed by atoms with Crippen LogP contribution in [-0.2, 0) is 0 Å². The summed E-state index contributed by atoms with van der Waals surface area (Å²) in [7, 11) is 2.09. The van der Waals surface area contributed by atoms with Gasteiger partial charge >= 0.3 is 0 Å². The minimum Gasteiger partial charge on any atom is -0.319 e. The van der Waals surface area contributed by atoms with Gasteiger partial charge in [-0.1, -0.05) is 13.3 Å². The monoisotopic (exact) mass is 236 g/mol. The quantitative estimate of drug-likeness (QED) is 0.806. The highest BCUT2D eigenvalue weighted by molar-refractivity contribution is 4.94. The van der Waals surface area contributed by atoms with Gasteiger partial charge in [-0.3, -0.25) is 0 Å². The van der Waals surface area contributed by atoms with Gasteiger partial charge in [0.25, 0.3) is 0 Å². The second-order valence-corrected chi connectivity index (χ2v) is 7.26. The number of nitrogens with zero attached hydrogens (tertiary/aromatic N) is 1. The number of hydrogen-bond donors (Lipinski definition) is 1. The summed E-state index contributed by atoms with van der Waals surface area (Å²) in [5, 5.41) is 3.36. The predicted octanol–water partition coefficient (Wildman–Crippen LogP) is 2.35. The van der Waals surface area contributed by atoms with Crippen LogP contribution in [0, 0.1) is 23.2 Å². The van der Waals surface area contributed by atoms with E-state index in [0.29, 0.717) is 5.41 Å². The van der Waals surface area contributed by atoms with Crippen molar-refractivity contribution in [1.82, 2.24) is 10.2 Å². The van der Waals surface area contributed by atoms with Crippen molar-refractivity contribution in [3.63, 3.8) is 0 Å². The molecule has 3 aliphatic rings. The maximum Gasteiger partial charge on any atom is 0.00481 e. The lowest BCUT2D eigenvalue weighted by molar-refractivity contribution is 0.199. The van der Waals surface area contributed by atoms with Crippen LogP contribution in [0.2, 0.25) is 0 Å². The van der Waals surface area contributed by atoms with Crippen molar-refractivity contribution in [2.75, 3.05) is 33.2 Å². The Morgan fingerprint density at radius 2 is 2.18 bits per heavy atom. The van der Waals surface area contributed by atoms with E-state index in [1.54, 1.807) is 19.3 Å². The Balaban J connectivity index is 1.51. The van der Waals surface area contributed by atoms with Gasteiger partial charge in [0.05, 0.1) is 0 Å². The minimum atomic E-state index is 0.534. The number of fused-ring (bicyclic) bond motifs is 2. The maximum absolute atomic E-state index is 3.36. The fourth-order valence-electron chi connectivity index (χ4n) is 4.78. The normalized spacial score (nSPS) is 45.9. The van der Waals surface area contributed by atoms with E-state index in [1.807, 2.05) is 0 Å². The zero-order chi connectivity index (χ0) is 11.9. The Bertz CT molecular complexity index is 278. The molecule has 3 fully saturated rings. The zero-order valence-electron chi connectivity index (χ0n) is 11.5. The first-order valence-corrected chi connectivity index (χ1v) is 7.55. The molecule has 17 heavy (non-hydrogen) atoms. The molecule has 4 unspecified atom stereocenters. The maximum atomic E-state index is 3.36. The molecule has 1 saturated heterocycles. The highest BCUT2D eigenvalue weighted by atomic mass is 15.2. The van der Waals surface area contributed by atoms with Gasteiger partial charge in [0.1, 0.15) is 0 Å². The molecule has 2 aliphatic carbocycles. The molecule has 2 heteroatoms. The molecule has 1 heterocycles. The molecule has 0 aromatic carbocycles. The van der Waals surface area contributed by atoms with Crippen LogP contribution < -0.4 is 5.32 Å². The highest BCUT2D eigenvalue weighted by Gasteiger charge is 2.41. The zero-order valence-corrected chi connectivity index (χ0v) is 11.5. The third-order valence-corrected chi connectivity index (χ3v) is 5.62. The smallest absolute Gasteiger partial charge is 0.00481 e. The molecular formula is C15H28N2. The number of likely N-dealkylation sites (tertiary alicyclic amines) is 1. The van der Waals surface area contributed by atoms with Gasteiger partial charge in [0, 0.05) is 19.6 Å². The number of nitrogens with one attached hydrogen (secondary N) is 1. The summed E-state index contributed by atoms with van der Waals surface area (Å²) < 4.78 is 0. The van der Waals surface area contributed by atoms with Crippen LogP contribution in [0.4, 0.5) is 0 Å². The molecule has 4 atom stereocenters. The van der Waals surface area contributed by atoms with E-state index < -0.39 is 0 Å². The Kier molecular flexibility index (Phi) is 3.20. The molecule has 2 nitrogen and oxygen atoms in total. The lowest BCUT2D eigenvalue weighted by Crippen LogP contribution is -2.35. The Labute approximate surface area is 106 Å². The molecule has 3 rings (SSSR count).